The van der Waals surface area contributed by atoms with Gasteiger partial charge in [-0.15, -0.1) is 11.3 Å². The zero-order valence-electron chi connectivity index (χ0n) is 12.0. The minimum atomic E-state index is 0.250. The fourth-order valence-corrected chi connectivity index (χ4v) is 3.52. The van der Waals surface area contributed by atoms with E-state index in [1.807, 2.05) is 23.6 Å². The van der Waals surface area contributed by atoms with E-state index in [9.17, 15) is 4.79 Å². The van der Waals surface area contributed by atoms with E-state index in [0.29, 0.717) is 6.42 Å². The van der Waals surface area contributed by atoms with E-state index >= 15 is 0 Å². The summed E-state index contributed by atoms with van der Waals surface area (Å²) < 4.78 is 0. The average molecular weight is 300 g/mol. The highest BCUT2D eigenvalue weighted by molar-refractivity contribution is 7.10. The van der Waals surface area contributed by atoms with Gasteiger partial charge in [0.2, 0.25) is 5.91 Å². The van der Waals surface area contributed by atoms with Crippen molar-refractivity contribution in [2.45, 2.75) is 18.9 Å². The molecule has 2 heterocycles. The first-order valence-corrected chi connectivity index (χ1v) is 8.27. The minimum Gasteiger partial charge on any atom is -0.337 e. The highest BCUT2D eigenvalue weighted by Gasteiger charge is 2.26. The van der Waals surface area contributed by atoms with Gasteiger partial charge < -0.3 is 10.2 Å². The maximum atomic E-state index is 12.6. The molecule has 1 N–H and O–H groups in total. The Hall–Kier alpha value is -1.65. The fourth-order valence-electron chi connectivity index (χ4n) is 2.82. The maximum Gasteiger partial charge on any atom is 0.228 e. The number of hydrogen-bond acceptors (Lipinski definition) is 3. The number of rotatable bonds is 4. The standard InChI is InChI=1S/C17H20N2OS/c20-17(12-16-7-4-10-21-16)19-9-8-18-13-15(19)11-14-5-2-1-3-6-14/h1-7,10,15,18H,8-9,11-13H2. The molecular weight excluding hydrogens is 280 g/mol. The second-order valence-electron chi connectivity index (χ2n) is 5.39. The molecule has 1 aromatic carbocycles. The summed E-state index contributed by atoms with van der Waals surface area (Å²) in [5, 5.41) is 5.44. The van der Waals surface area contributed by atoms with Crippen LogP contribution in [0.2, 0.25) is 0 Å². The van der Waals surface area contributed by atoms with Crippen molar-refractivity contribution in [3.63, 3.8) is 0 Å². The predicted octanol–water partition coefficient (Wildman–Crippen LogP) is 2.33. The lowest BCUT2D eigenvalue weighted by molar-refractivity contribution is -0.133. The first kappa shape index (κ1) is 14.3. The van der Waals surface area contributed by atoms with Crippen molar-refractivity contribution in [1.82, 2.24) is 10.2 Å². The van der Waals surface area contributed by atoms with Crippen LogP contribution in [0, 0.1) is 0 Å². The summed E-state index contributed by atoms with van der Waals surface area (Å²) in [6.07, 6.45) is 1.45. The van der Waals surface area contributed by atoms with E-state index in [1.54, 1.807) is 11.3 Å². The van der Waals surface area contributed by atoms with Crippen LogP contribution in [0.5, 0.6) is 0 Å². The van der Waals surface area contributed by atoms with Crippen molar-refractivity contribution >= 4 is 17.2 Å². The number of carbonyl (C=O) groups is 1. The first-order chi connectivity index (χ1) is 10.3. The second kappa shape index (κ2) is 6.87. The normalized spacial score (nSPS) is 18.7. The van der Waals surface area contributed by atoms with Gasteiger partial charge in [0.1, 0.15) is 0 Å². The molecule has 3 rings (SSSR count). The predicted molar refractivity (Wildman–Crippen MR) is 86.5 cm³/mol. The zero-order valence-corrected chi connectivity index (χ0v) is 12.8. The van der Waals surface area contributed by atoms with Gasteiger partial charge in [-0.05, 0) is 23.4 Å². The SMILES string of the molecule is O=C(Cc1cccs1)N1CCNCC1Cc1ccccc1. The van der Waals surface area contributed by atoms with Crippen molar-refractivity contribution in [3.8, 4) is 0 Å². The van der Waals surface area contributed by atoms with Crippen LogP contribution in [0.3, 0.4) is 0 Å². The van der Waals surface area contributed by atoms with Gasteiger partial charge in [0.05, 0.1) is 6.42 Å². The molecule has 1 aromatic heterocycles. The van der Waals surface area contributed by atoms with Crippen molar-refractivity contribution in [1.29, 1.82) is 0 Å². The topological polar surface area (TPSA) is 32.3 Å². The average Bonchev–Trinajstić information content (AvgIpc) is 3.02. The van der Waals surface area contributed by atoms with Crippen LogP contribution in [0.25, 0.3) is 0 Å². The van der Waals surface area contributed by atoms with Crippen molar-refractivity contribution in [2.24, 2.45) is 0 Å². The third-order valence-electron chi connectivity index (χ3n) is 3.89. The molecule has 0 bridgehead atoms. The third kappa shape index (κ3) is 3.71. The molecule has 2 aromatic rings. The molecule has 21 heavy (non-hydrogen) atoms. The van der Waals surface area contributed by atoms with Crippen molar-refractivity contribution in [3.05, 3.63) is 58.3 Å². The molecule has 1 fully saturated rings. The van der Waals surface area contributed by atoms with Crippen LogP contribution in [0.15, 0.2) is 47.8 Å². The molecular formula is C17H20N2OS. The van der Waals surface area contributed by atoms with Crippen LogP contribution >= 0.6 is 11.3 Å². The minimum absolute atomic E-state index is 0.250. The van der Waals surface area contributed by atoms with E-state index in [4.69, 9.17) is 0 Å². The van der Waals surface area contributed by atoms with Crippen LogP contribution in [-0.2, 0) is 17.6 Å². The molecule has 0 radical (unpaired) electrons. The summed E-state index contributed by atoms with van der Waals surface area (Å²) in [5.41, 5.74) is 1.29. The van der Waals surface area contributed by atoms with Crippen LogP contribution in [0.1, 0.15) is 10.4 Å². The smallest absolute Gasteiger partial charge is 0.228 e. The van der Waals surface area contributed by atoms with Gasteiger partial charge in [0.25, 0.3) is 0 Å². The summed E-state index contributed by atoms with van der Waals surface area (Å²) in [6.45, 7) is 2.58. The zero-order chi connectivity index (χ0) is 14.5. The number of thiophene rings is 1. The Kier molecular flexibility index (Phi) is 4.68. The van der Waals surface area contributed by atoms with Gasteiger partial charge in [-0.2, -0.15) is 0 Å². The molecule has 1 amide bonds. The Morgan fingerprint density at radius 3 is 2.86 bits per heavy atom. The van der Waals surface area contributed by atoms with Crippen LogP contribution in [0.4, 0.5) is 0 Å². The summed E-state index contributed by atoms with van der Waals surface area (Å²) >= 11 is 1.66. The van der Waals surface area contributed by atoms with Gasteiger partial charge in [0, 0.05) is 30.6 Å². The summed E-state index contributed by atoms with van der Waals surface area (Å²) in [7, 11) is 0. The summed E-state index contributed by atoms with van der Waals surface area (Å²) in [4.78, 5) is 15.8. The molecule has 0 saturated carbocycles. The van der Waals surface area contributed by atoms with E-state index < -0.39 is 0 Å². The number of piperazine rings is 1. The number of benzene rings is 1. The second-order valence-corrected chi connectivity index (χ2v) is 6.42. The van der Waals surface area contributed by atoms with Crippen molar-refractivity contribution < 1.29 is 4.79 Å². The van der Waals surface area contributed by atoms with E-state index in [0.717, 1.165) is 30.9 Å². The Morgan fingerprint density at radius 2 is 2.10 bits per heavy atom. The van der Waals surface area contributed by atoms with Crippen LogP contribution in [-0.4, -0.2) is 36.5 Å². The monoisotopic (exact) mass is 300 g/mol. The van der Waals surface area contributed by atoms with Crippen molar-refractivity contribution in [2.75, 3.05) is 19.6 Å². The number of amides is 1. The highest BCUT2D eigenvalue weighted by Crippen LogP contribution is 2.15. The van der Waals surface area contributed by atoms with E-state index in [-0.39, 0.29) is 11.9 Å². The largest absolute Gasteiger partial charge is 0.337 e. The number of hydrogen-bond donors (Lipinski definition) is 1. The fraction of sp³-hybridized carbons (Fsp3) is 0.353. The Morgan fingerprint density at radius 1 is 1.24 bits per heavy atom. The lowest BCUT2D eigenvalue weighted by Crippen LogP contribution is -2.54. The molecule has 1 aliphatic heterocycles. The lowest BCUT2D eigenvalue weighted by atomic mass is 10.0. The molecule has 1 atom stereocenters. The van der Waals surface area contributed by atoms with Gasteiger partial charge in [-0.3, -0.25) is 4.79 Å². The molecule has 0 spiro atoms. The number of nitrogens with zero attached hydrogens (tertiary/aromatic N) is 1. The van der Waals surface area contributed by atoms with Gasteiger partial charge in [-0.25, -0.2) is 0 Å². The van der Waals surface area contributed by atoms with Gasteiger partial charge in [0.15, 0.2) is 0 Å². The Bertz CT molecular complexity index is 568. The first-order valence-electron chi connectivity index (χ1n) is 7.39. The van der Waals surface area contributed by atoms with Gasteiger partial charge >= 0.3 is 0 Å². The molecule has 1 saturated heterocycles. The van der Waals surface area contributed by atoms with Gasteiger partial charge in [-0.1, -0.05) is 36.4 Å². The number of nitrogens with one attached hydrogen (secondary N) is 1. The summed E-state index contributed by atoms with van der Waals surface area (Å²) in [5.74, 6) is 0.250. The molecule has 110 valence electrons. The Labute approximate surface area is 129 Å². The lowest BCUT2D eigenvalue weighted by Gasteiger charge is -2.36. The quantitative estimate of drug-likeness (QED) is 0.940. The molecule has 3 nitrogen and oxygen atoms in total. The van der Waals surface area contributed by atoms with E-state index in [2.05, 4.69) is 34.5 Å². The molecule has 0 aliphatic carbocycles. The Balaban J connectivity index is 1.67. The van der Waals surface area contributed by atoms with Crippen LogP contribution < -0.4 is 5.32 Å². The highest BCUT2D eigenvalue weighted by atomic mass is 32.1. The third-order valence-corrected chi connectivity index (χ3v) is 4.77. The molecule has 1 unspecified atom stereocenters. The van der Waals surface area contributed by atoms with E-state index in [1.165, 1.54) is 5.56 Å². The maximum absolute atomic E-state index is 12.6. The summed E-state index contributed by atoms with van der Waals surface area (Å²) in [6, 6.07) is 14.7. The number of carbonyl (C=O) groups excluding carboxylic acids is 1. The molecule has 1 aliphatic rings. The molecule has 4 heteroatoms.